The molecule has 0 fully saturated rings. The molecule has 0 radical (unpaired) electrons. The average molecular weight is 555 g/mol. The normalized spacial score (nSPS) is 10.9. The third-order valence-corrected chi connectivity index (χ3v) is 6.99. The van der Waals surface area contributed by atoms with E-state index in [4.69, 9.17) is 29.9 Å². The fourth-order valence-electron chi connectivity index (χ4n) is 4.92. The fraction of sp³-hybridized carbons (Fsp3) is 0.0270. The van der Waals surface area contributed by atoms with Crippen molar-refractivity contribution in [3.8, 4) is 68.3 Å². The van der Waals surface area contributed by atoms with Crippen LogP contribution >= 0.6 is 0 Å². The van der Waals surface area contributed by atoms with Gasteiger partial charge in [0.05, 0.1) is 0 Å². The second-order valence-electron chi connectivity index (χ2n) is 10.2. The molecule has 0 aliphatic carbocycles. The molecule has 0 atom stereocenters. The molecule has 0 saturated heterocycles. The van der Waals surface area contributed by atoms with Gasteiger partial charge in [-0.05, 0) is 30.7 Å². The first-order chi connectivity index (χ1) is 21.2. The van der Waals surface area contributed by atoms with Crippen LogP contribution in [0.2, 0.25) is 0 Å². The molecule has 0 bridgehead atoms. The molecular weight excluding hydrogens is 528 g/mol. The topological polar surface area (TPSA) is 77.3 Å². The van der Waals surface area contributed by atoms with Crippen molar-refractivity contribution in [3.05, 3.63) is 145 Å². The van der Waals surface area contributed by atoms with E-state index in [2.05, 4.69) is 19.1 Å². The molecule has 5 aromatic carbocycles. The van der Waals surface area contributed by atoms with Gasteiger partial charge >= 0.3 is 0 Å². The summed E-state index contributed by atoms with van der Waals surface area (Å²) in [5.74, 6) is 3.63. The zero-order valence-corrected chi connectivity index (χ0v) is 23.5. The van der Waals surface area contributed by atoms with Crippen LogP contribution in [-0.4, -0.2) is 29.9 Å². The molecule has 7 rings (SSSR count). The van der Waals surface area contributed by atoms with Crippen molar-refractivity contribution in [2.75, 3.05) is 0 Å². The van der Waals surface area contributed by atoms with Crippen molar-refractivity contribution >= 4 is 0 Å². The van der Waals surface area contributed by atoms with Crippen LogP contribution in [0.3, 0.4) is 0 Å². The van der Waals surface area contributed by atoms with Crippen LogP contribution in [0.15, 0.2) is 140 Å². The summed E-state index contributed by atoms with van der Waals surface area (Å²) < 4.78 is 0. The van der Waals surface area contributed by atoms with Crippen molar-refractivity contribution < 1.29 is 0 Å². The van der Waals surface area contributed by atoms with Gasteiger partial charge in [-0.25, -0.2) is 29.9 Å². The van der Waals surface area contributed by atoms with Crippen LogP contribution in [0.1, 0.15) is 5.56 Å². The zero-order valence-electron chi connectivity index (χ0n) is 23.5. The Morgan fingerprint density at radius 1 is 0.279 bits per heavy atom. The molecule has 0 amide bonds. The zero-order chi connectivity index (χ0) is 29.0. The van der Waals surface area contributed by atoms with Gasteiger partial charge in [-0.3, -0.25) is 0 Å². The van der Waals surface area contributed by atoms with Crippen LogP contribution < -0.4 is 0 Å². The molecule has 2 aromatic heterocycles. The standard InChI is InChI=1S/C37H26N6/c1-25-22-30(36-40-32(26-14-6-2-7-15-26)38-33(41-36)27-16-8-3-9-17-27)24-31(23-25)37-42-34(28-18-10-4-11-19-28)39-35(43-37)29-20-12-5-13-21-29/h2-24H,1H3. The van der Waals surface area contributed by atoms with Gasteiger partial charge in [-0.15, -0.1) is 0 Å². The third kappa shape index (κ3) is 5.67. The maximum atomic E-state index is 4.93. The van der Waals surface area contributed by atoms with Crippen molar-refractivity contribution in [3.63, 3.8) is 0 Å². The number of aryl methyl sites for hydroxylation is 1. The van der Waals surface area contributed by atoms with Gasteiger partial charge in [0.15, 0.2) is 34.9 Å². The Morgan fingerprint density at radius 3 is 0.767 bits per heavy atom. The molecule has 0 unspecified atom stereocenters. The van der Waals surface area contributed by atoms with Gasteiger partial charge in [0.2, 0.25) is 0 Å². The van der Waals surface area contributed by atoms with E-state index in [9.17, 15) is 0 Å². The molecule has 2 heterocycles. The Labute approximate surface area is 249 Å². The SMILES string of the molecule is Cc1cc(-c2nc(-c3ccccc3)nc(-c3ccccc3)n2)cc(-c2nc(-c3ccccc3)nc(-c3ccccc3)n2)c1. The average Bonchev–Trinajstić information content (AvgIpc) is 3.09. The summed E-state index contributed by atoms with van der Waals surface area (Å²) in [4.78, 5) is 29.4. The second-order valence-corrected chi connectivity index (χ2v) is 10.2. The number of nitrogens with zero attached hydrogens (tertiary/aromatic N) is 6. The molecule has 7 aromatic rings. The first-order valence-corrected chi connectivity index (χ1v) is 14.1. The van der Waals surface area contributed by atoms with E-state index in [1.54, 1.807) is 0 Å². The Morgan fingerprint density at radius 2 is 0.512 bits per heavy atom. The molecule has 0 saturated carbocycles. The Kier molecular flexibility index (Phi) is 6.99. The number of hydrogen-bond acceptors (Lipinski definition) is 6. The monoisotopic (exact) mass is 554 g/mol. The van der Waals surface area contributed by atoms with Crippen molar-refractivity contribution in [2.24, 2.45) is 0 Å². The summed E-state index contributed by atoms with van der Waals surface area (Å²) in [5, 5.41) is 0. The lowest BCUT2D eigenvalue weighted by atomic mass is 10.0. The van der Waals surface area contributed by atoms with Gasteiger partial charge in [0.1, 0.15) is 0 Å². The lowest BCUT2D eigenvalue weighted by Crippen LogP contribution is -2.02. The number of rotatable bonds is 6. The molecule has 204 valence electrons. The van der Waals surface area contributed by atoms with E-state index in [-0.39, 0.29) is 0 Å². The smallest absolute Gasteiger partial charge is 0.164 e. The molecule has 6 nitrogen and oxygen atoms in total. The van der Waals surface area contributed by atoms with Crippen molar-refractivity contribution in [1.29, 1.82) is 0 Å². The molecule has 6 heteroatoms. The van der Waals surface area contributed by atoms with Crippen LogP contribution in [-0.2, 0) is 0 Å². The Balaban J connectivity index is 1.40. The van der Waals surface area contributed by atoms with Crippen molar-refractivity contribution in [2.45, 2.75) is 6.92 Å². The quantitative estimate of drug-likeness (QED) is 0.206. The molecule has 0 aliphatic heterocycles. The van der Waals surface area contributed by atoms with Gasteiger partial charge < -0.3 is 0 Å². The summed E-state index contributed by atoms with van der Waals surface area (Å²) >= 11 is 0. The van der Waals surface area contributed by atoms with Gasteiger partial charge in [-0.2, -0.15) is 0 Å². The number of benzene rings is 5. The Bertz CT molecular complexity index is 1750. The van der Waals surface area contributed by atoms with Gasteiger partial charge in [0, 0.05) is 33.4 Å². The highest BCUT2D eigenvalue weighted by atomic mass is 15.0. The summed E-state index contributed by atoms with van der Waals surface area (Å²) in [6.07, 6.45) is 0. The highest BCUT2D eigenvalue weighted by Gasteiger charge is 2.16. The first kappa shape index (κ1) is 26.0. The highest BCUT2D eigenvalue weighted by molar-refractivity contribution is 5.73. The molecule has 0 spiro atoms. The van der Waals surface area contributed by atoms with Gasteiger partial charge in [0.25, 0.3) is 0 Å². The Hall–Kier alpha value is -5.88. The van der Waals surface area contributed by atoms with Gasteiger partial charge in [-0.1, -0.05) is 121 Å². The van der Waals surface area contributed by atoms with Crippen LogP contribution in [0.25, 0.3) is 68.3 Å². The fourth-order valence-corrected chi connectivity index (χ4v) is 4.92. The van der Waals surface area contributed by atoms with Crippen molar-refractivity contribution in [1.82, 2.24) is 29.9 Å². The van der Waals surface area contributed by atoms with E-state index < -0.39 is 0 Å². The highest BCUT2D eigenvalue weighted by Crippen LogP contribution is 2.30. The maximum absolute atomic E-state index is 4.93. The van der Waals surface area contributed by atoms with E-state index in [0.29, 0.717) is 34.9 Å². The maximum Gasteiger partial charge on any atom is 0.164 e. The summed E-state index contributed by atoms with van der Waals surface area (Å²) in [6.45, 7) is 2.06. The molecule has 43 heavy (non-hydrogen) atoms. The van der Waals surface area contributed by atoms with Crippen LogP contribution in [0, 0.1) is 6.92 Å². The lowest BCUT2D eigenvalue weighted by molar-refractivity contribution is 1.07. The molecule has 0 N–H and O–H groups in total. The molecule has 0 aliphatic rings. The number of aromatic nitrogens is 6. The van der Waals surface area contributed by atoms with E-state index in [1.165, 1.54) is 0 Å². The van der Waals surface area contributed by atoms with Crippen LogP contribution in [0.5, 0.6) is 0 Å². The summed E-state index contributed by atoms with van der Waals surface area (Å²) in [7, 11) is 0. The van der Waals surface area contributed by atoms with Crippen LogP contribution in [0.4, 0.5) is 0 Å². The summed E-state index contributed by atoms with van der Waals surface area (Å²) in [6, 6.07) is 46.1. The molecular formula is C37H26N6. The third-order valence-electron chi connectivity index (χ3n) is 6.99. The minimum atomic E-state index is 0.582. The summed E-state index contributed by atoms with van der Waals surface area (Å²) in [5.41, 5.74) is 6.45. The minimum absolute atomic E-state index is 0.582. The predicted octanol–water partition coefficient (Wildman–Crippen LogP) is 8.37. The van der Waals surface area contributed by atoms with E-state index >= 15 is 0 Å². The van der Waals surface area contributed by atoms with E-state index in [1.807, 2.05) is 127 Å². The predicted molar refractivity (Wildman–Crippen MR) is 171 cm³/mol. The minimum Gasteiger partial charge on any atom is -0.208 e. The van der Waals surface area contributed by atoms with E-state index in [0.717, 1.165) is 38.9 Å². The lowest BCUT2D eigenvalue weighted by Gasteiger charge is -2.11. The first-order valence-electron chi connectivity index (χ1n) is 14.1. The number of hydrogen-bond donors (Lipinski definition) is 0. The second kappa shape index (κ2) is 11.5. The largest absolute Gasteiger partial charge is 0.208 e.